The highest BCUT2D eigenvalue weighted by Crippen LogP contribution is 2.47. The standard InChI is InChI=1S/C14H12BrNO7S2.C6H4/c1-25(21,22)16-8-5-3-2-4-7(8)12-10(15)11(23-6-9(17)18)13(24-12)14(19)20;1-2-5-4-6(5)3-1/h2-5,16H,6H2,1H3,(H,17,18)(H,19,20);1-4H. The van der Waals surface area contributed by atoms with Gasteiger partial charge in [-0.25, -0.2) is 18.0 Å². The summed E-state index contributed by atoms with van der Waals surface area (Å²) in [6.07, 6.45) is 0.997. The fraction of sp³-hybridized carbons (Fsp3) is 0.100. The zero-order valence-electron chi connectivity index (χ0n) is 16.0. The molecule has 8 nitrogen and oxygen atoms in total. The first-order valence-electron chi connectivity index (χ1n) is 8.64. The van der Waals surface area contributed by atoms with Gasteiger partial charge in [-0.05, 0) is 39.2 Å². The van der Waals surface area contributed by atoms with Gasteiger partial charge in [0.2, 0.25) is 10.0 Å². The summed E-state index contributed by atoms with van der Waals surface area (Å²) in [6, 6.07) is 14.9. The third-order valence-electron chi connectivity index (χ3n) is 3.92. The van der Waals surface area contributed by atoms with E-state index in [1.807, 2.05) is 0 Å². The second-order valence-electron chi connectivity index (χ2n) is 6.39. The lowest BCUT2D eigenvalue weighted by atomic mass is 10.1. The van der Waals surface area contributed by atoms with E-state index in [0.29, 0.717) is 10.4 Å². The fourth-order valence-corrected chi connectivity index (χ4v) is 5.11. The summed E-state index contributed by atoms with van der Waals surface area (Å²) in [5.41, 5.74) is 3.54. The van der Waals surface area contributed by atoms with Gasteiger partial charge in [-0.2, -0.15) is 0 Å². The molecule has 0 bridgehead atoms. The Morgan fingerprint density at radius 2 is 1.74 bits per heavy atom. The number of anilines is 1. The van der Waals surface area contributed by atoms with Crippen LogP contribution in [0.15, 0.2) is 53.0 Å². The fourth-order valence-electron chi connectivity index (χ4n) is 2.62. The number of para-hydroxylation sites is 1. The molecule has 11 heteroatoms. The Morgan fingerprint density at radius 3 is 2.23 bits per heavy atom. The van der Waals surface area contributed by atoms with E-state index in [2.05, 4.69) is 44.9 Å². The van der Waals surface area contributed by atoms with Crippen LogP contribution in [0.4, 0.5) is 5.69 Å². The Labute approximate surface area is 190 Å². The number of hydrogen-bond acceptors (Lipinski definition) is 6. The van der Waals surface area contributed by atoms with Crippen molar-refractivity contribution in [3.05, 3.63) is 57.9 Å². The molecule has 0 atom stereocenters. The lowest BCUT2D eigenvalue weighted by Crippen LogP contribution is -2.11. The van der Waals surface area contributed by atoms with Crippen LogP contribution in [0.25, 0.3) is 21.6 Å². The molecule has 0 fully saturated rings. The van der Waals surface area contributed by atoms with Crippen LogP contribution in [0, 0.1) is 0 Å². The van der Waals surface area contributed by atoms with Crippen molar-refractivity contribution in [3.63, 3.8) is 0 Å². The summed E-state index contributed by atoms with van der Waals surface area (Å²) >= 11 is 4.06. The zero-order valence-corrected chi connectivity index (χ0v) is 19.2. The number of aromatic carboxylic acids is 1. The van der Waals surface area contributed by atoms with Crippen LogP contribution in [0.3, 0.4) is 0 Å². The number of sulfonamides is 1. The average molecular weight is 526 g/mol. The van der Waals surface area contributed by atoms with E-state index in [1.54, 1.807) is 18.2 Å². The predicted molar refractivity (Wildman–Crippen MR) is 121 cm³/mol. The summed E-state index contributed by atoms with van der Waals surface area (Å²) in [7, 11) is -3.55. The molecule has 1 heterocycles. The number of halogens is 1. The molecule has 2 aliphatic rings. The van der Waals surface area contributed by atoms with Crippen molar-refractivity contribution in [3.8, 4) is 27.3 Å². The molecule has 0 amide bonds. The minimum absolute atomic E-state index is 0.121. The van der Waals surface area contributed by atoms with E-state index in [1.165, 1.54) is 17.2 Å². The SMILES string of the molecule is CS(=O)(=O)Nc1ccccc1-c1sc(C(=O)O)c(OCC(=O)O)c1Br.c1cc2cc-2c1. The van der Waals surface area contributed by atoms with Gasteiger partial charge >= 0.3 is 11.9 Å². The molecule has 2 aromatic rings. The lowest BCUT2D eigenvalue weighted by molar-refractivity contribution is -0.139. The van der Waals surface area contributed by atoms with E-state index in [0.717, 1.165) is 17.6 Å². The Kier molecular flexibility index (Phi) is 6.68. The summed E-state index contributed by atoms with van der Waals surface area (Å²) < 4.78 is 30.7. The number of benzene rings is 2. The van der Waals surface area contributed by atoms with Crippen LogP contribution >= 0.6 is 27.3 Å². The van der Waals surface area contributed by atoms with Crippen molar-refractivity contribution in [1.29, 1.82) is 0 Å². The first kappa shape index (κ1) is 22.8. The van der Waals surface area contributed by atoms with Gasteiger partial charge in [0.05, 0.1) is 21.3 Å². The molecule has 1 aromatic heterocycles. The molecule has 0 saturated carbocycles. The van der Waals surface area contributed by atoms with Crippen molar-refractivity contribution in [1.82, 2.24) is 0 Å². The Hall–Kier alpha value is -2.89. The zero-order chi connectivity index (χ0) is 22.8. The molecule has 4 rings (SSSR count). The number of aliphatic carboxylic acids is 1. The van der Waals surface area contributed by atoms with Gasteiger partial charge in [0.15, 0.2) is 17.2 Å². The third kappa shape index (κ3) is 5.84. The number of fused-ring (bicyclic) bond motifs is 1. The normalized spacial score (nSPS) is 11.2. The van der Waals surface area contributed by atoms with Crippen LogP contribution in [-0.2, 0) is 14.8 Å². The largest absolute Gasteiger partial charge is 0.479 e. The van der Waals surface area contributed by atoms with E-state index < -0.39 is 28.6 Å². The minimum atomic E-state index is -3.55. The number of carboxylic acids is 2. The van der Waals surface area contributed by atoms with Crippen molar-refractivity contribution >= 4 is 54.9 Å². The molecule has 0 saturated heterocycles. The van der Waals surface area contributed by atoms with E-state index in [4.69, 9.17) is 9.84 Å². The highest BCUT2D eigenvalue weighted by atomic mass is 79.9. The molecule has 0 aliphatic heterocycles. The van der Waals surface area contributed by atoms with Gasteiger partial charge in [0, 0.05) is 5.56 Å². The second kappa shape index (κ2) is 9.08. The molecule has 0 radical (unpaired) electrons. The number of rotatable bonds is 7. The molecule has 1 aromatic carbocycles. The van der Waals surface area contributed by atoms with Crippen molar-refractivity contribution in [2.45, 2.75) is 0 Å². The van der Waals surface area contributed by atoms with Gasteiger partial charge in [-0.1, -0.05) is 36.4 Å². The number of carbonyl (C=O) groups is 2. The van der Waals surface area contributed by atoms with Crippen LogP contribution in [0.5, 0.6) is 5.75 Å². The van der Waals surface area contributed by atoms with Gasteiger partial charge in [0.25, 0.3) is 0 Å². The molecule has 3 N–H and O–H groups in total. The molecule has 31 heavy (non-hydrogen) atoms. The van der Waals surface area contributed by atoms with Crippen LogP contribution in [0.2, 0.25) is 0 Å². The molecular weight excluding hydrogens is 510 g/mol. The quantitative estimate of drug-likeness (QED) is 0.326. The highest BCUT2D eigenvalue weighted by molar-refractivity contribution is 9.10. The van der Waals surface area contributed by atoms with E-state index >= 15 is 0 Å². The van der Waals surface area contributed by atoms with E-state index in [-0.39, 0.29) is 20.8 Å². The summed E-state index contributed by atoms with van der Waals surface area (Å²) in [4.78, 5) is 22.3. The maximum atomic E-state index is 11.5. The third-order valence-corrected chi connectivity index (χ3v) is 6.72. The molecule has 2 aliphatic carbocycles. The number of carboxylic acid groups (broad SMARTS) is 2. The average Bonchev–Trinajstić information content (AvgIpc) is 3.12. The summed E-state index contributed by atoms with van der Waals surface area (Å²) in [5, 5.41) is 18.1. The first-order chi connectivity index (χ1) is 14.6. The molecule has 0 spiro atoms. The smallest absolute Gasteiger partial charge is 0.349 e. The summed E-state index contributed by atoms with van der Waals surface area (Å²) in [6.45, 7) is -0.710. The second-order valence-corrected chi connectivity index (χ2v) is 9.95. The maximum Gasteiger partial charge on any atom is 0.349 e. The van der Waals surface area contributed by atoms with Crippen LogP contribution < -0.4 is 9.46 Å². The van der Waals surface area contributed by atoms with Crippen molar-refractivity contribution < 1.29 is 33.0 Å². The van der Waals surface area contributed by atoms with Crippen molar-refractivity contribution in [2.24, 2.45) is 0 Å². The molecule has 0 unspecified atom stereocenters. The van der Waals surface area contributed by atoms with E-state index in [9.17, 15) is 23.1 Å². The van der Waals surface area contributed by atoms with Gasteiger partial charge in [-0.3, -0.25) is 4.72 Å². The Bertz CT molecular complexity index is 1250. The minimum Gasteiger partial charge on any atom is -0.479 e. The Morgan fingerprint density at radius 1 is 1.10 bits per heavy atom. The van der Waals surface area contributed by atoms with Gasteiger partial charge in [0.1, 0.15) is 0 Å². The number of ether oxygens (including phenoxy) is 1. The monoisotopic (exact) mass is 525 g/mol. The van der Waals surface area contributed by atoms with Gasteiger partial charge < -0.3 is 14.9 Å². The van der Waals surface area contributed by atoms with Crippen LogP contribution in [0.1, 0.15) is 9.67 Å². The van der Waals surface area contributed by atoms with Crippen molar-refractivity contribution in [2.75, 3.05) is 17.6 Å². The number of thiophene rings is 1. The molecule has 162 valence electrons. The lowest BCUT2D eigenvalue weighted by Gasteiger charge is -2.10. The Balaban J connectivity index is 0.000000381. The maximum absolute atomic E-state index is 11.5. The highest BCUT2D eigenvalue weighted by Gasteiger charge is 2.25. The molecular formula is C20H16BrNO7S2. The van der Waals surface area contributed by atoms with Gasteiger partial charge in [-0.15, -0.1) is 11.3 Å². The number of nitrogens with one attached hydrogen (secondary N) is 1. The predicted octanol–water partition coefficient (Wildman–Crippen LogP) is 4.38. The topological polar surface area (TPSA) is 130 Å². The van der Waals surface area contributed by atoms with Crippen LogP contribution in [-0.4, -0.2) is 43.4 Å². The summed E-state index contributed by atoms with van der Waals surface area (Å²) in [5.74, 6) is -2.66. The first-order valence-corrected chi connectivity index (χ1v) is 12.1. The number of hydrogen-bond donors (Lipinski definition) is 3.